The summed E-state index contributed by atoms with van der Waals surface area (Å²) in [7, 11) is 0. The summed E-state index contributed by atoms with van der Waals surface area (Å²) in [6.45, 7) is 0.800. The summed E-state index contributed by atoms with van der Waals surface area (Å²) in [5.74, 6) is 0.750. The van der Waals surface area contributed by atoms with Crippen LogP contribution in [0.4, 0.5) is 15.8 Å². The summed E-state index contributed by atoms with van der Waals surface area (Å²) < 4.78 is 0. The Hall–Kier alpha value is -2.60. The van der Waals surface area contributed by atoms with Crippen molar-refractivity contribution in [1.29, 1.82) is 0 Å². The van der Waals surface area contributed by atoms with E-state index in [9.17, 15) is 0 Å². The molecular formula is C15H12N4OS. The molecule has 0 spiro atoms. The molecule has 1 aromatic heterocycles. The van der Waals surface area contributed by atoms with Crippen molar-refractivity contribution >= 4 is 45.5 Å². The Morgan fingerprint density at radius 2 is 2.24 bits per heavy atom. The smallest absolute Gasteiger partial charge is 0.182 e. The van der Waals surface area contributed by atoms with Crippen molar-refractivity contribution in [1.82, 2.24) is 4.98 Å². The molecule has 5 nitrogen and oxygen atoms in total. The van der Waals surface area contributed by atoms with Crippen LogP contribution < -0.4 is 15.5 Å². The van der Waals surface area contributed by atoms with Crippen LogP contribution in [0.2, 0.25) is 0 Å². The van der Waals surface area contributed by atoms with Crippen molar-refractivity contribution in [2.24, 2.45) is 5.16 Å². The molecule has 2 aliphatic heterocycles. The molecule has 21 heavy (non-hydrogen) atoms. The highest BCUT2D eigenvalue weighted by atomic mass is 32.1. The highest BCUT2D eigenvalue weighted by Crippen LogP contribution is 2.39. The molecule has 6 heteroatoms. The van der Waals surface area contributed by atoms with Gasteiger partial charge in [0.15, 0.2) is 10.9 Å². The lowest BCUT2D eigenvalue weighted by Crippen LogP contribution is -2.19. The lowest BCUT2D eigenvalue weighted by Gasteiger charge is -2.25. The number of benzene rings is 1. The molecular weight excluding hydrogens is 284 g/mol. The largest absolute Gasteiger partial charge is 0.375 e. The van der Waals surface area contributed by atoms with Crippen LogP contribution >= 0.6 is 11.3 Å². The van der Waals surface area contributed by atoms with E-state index in [0.717, 1.165) is 34.2 Å². The fraction of sp³-hybridized carbons (Fsp3) is 0.0667. The molecule has 0 aliphatic carbocycles. The van der Waals surface area contributed by atoms with Crippen LogP contribution in [0.5, 0.6) is 5.75 Å². The van der Waals surface area contributed by atoms with Crippen LogP contribution in [0, 0.1) is 0 Å². The first-order chi connectivity index (χ1) is 10.3. The van der Waals surface area contributed by atoms with Crippen molar-refractivity contribution in [3.05, 3.63) is 41.6 Å². The third-order valence-corrected chi connectivity index (χ3v) is 4.26. The third-order valence-electron chi connectivity index (χ3n) is 3.34. The number of thiazole rings is 1. The van der Waals surface area contributed by atoms with Gasteiger partial charge >= 0.3 is 0 Å². The molecule has 0 saturated heterocycles. The number of oxime groups is 1. The number of hydrogen-bond acceptors (Lipinski definition) is 6. The van der Waals surface area contributed by atoms with Crippen LogP contribution in [0.25, 0.3) is 12.2 Å². The van der Waals surface area contributed by atoms with Crippen molar-refractivity contribution in [3.63, 3.8) is 0 Å². The van der Waals surface area contributed by atoms with E-state index in [-0.39, 0.29) is 0 Å². The molecule has 0 atom stereocenters. The van der Waals surface area contributed by atoms with Gasteiger partial charge in [-0.05, 0) is 36.4 Å². The van der Waals surface area contributed by atoms with Crippen LogP contribution in [-0.4, -0.2) is 17.7 Å². The first kappa shape index (κ1) is 12.2. The van der Waals surface area contributed by atoms with Gasteiger partial charge in [-0.1, -0.05) is 22.6 Å². The highest BCUT2D eigenvalue weighted by Gasteiger charge is 2.20. The van der Waals surface area contributed by atoms with Crippen LogP contribution in [0.1, 0.15) is 11.3 Å². The molecule has 0 amide bonds. The topological polar surface area (TPSA) is 63.7 Å². The Morgan fingerprint density at radius 1 is 1.29 bits per heavy atom. The van der Waals surface area contributed by atoms with Gasteiger partial charge in [0, 0.05) is 17.8 Å². The molecule has 0 unspecified atom stereocenters. The number of rotatable bonds is 1. The Morgan fingerprint density at radius 3 is 3.19 bits per heavy atom. The Kier molecular flexibility index (Phi) is 2.75. The maximum atomic E-state index is 5.83. The Bertz CT molecular complexity index is 791. The van der Waals surface area contributed by atoms with E-state index >= 15 is 0 Å². The molecule has 0 radical (unpaired) electrons. The second-order valence-electron chi connectivity index (χ2n) is 4.68. The van der Waals surface area contributed by atoms with E-state index in [0.29, 0.717) is 5.13 Å². The van der Waals surface area contributed by atoms with Crippen LogP contribution in [0.3, 0.4) is 0 Å². The zero-order valence-electron chi connectivity index (χ0n) is 11.1. The van der Waals surface area contributed by atoms with Gasteiger partial charge in [-0.3, -0.25) is 0 Å². The summed E-state index contributed by atoms with van der Waals surface area (Å²) in [5.41, 5.74) is 8.83. The number of aromatic nitrogens is 1. The lowest BCUT2D eigenvalue weighted by atomic mass is 10.1. The summed E-state index contributed by atoms with van der Waals surface area (Å²) in [6, 6.07) is 6.03. The molecule has 1 aromatic carbocycles. The normalized spacial score (nSPS) is 15.3. The van der Waals surface area contributed by atoms with E-state index in [4.69, 9.17) is 10.6 Å². The van der Waals surface area contributed by atoms with Gasteiger partial charge in [-0.15, -0.1) is 0 Å². The molecule has 2 N–H and O–H groups in total. The number of fused-ring (bicyclic) bond motifs is 2. The van der Waals surface area contributed by atoms with Crippen molar-refractivity contribution < 1.29 is 4.84 Å². The van der Waals surface area contributed by atoms with Crippen molar-refractivity contribution in [2.45, 2.75) is 0 Å². The first-order valence-electron chi connectivity index (χ1n) is 6.53. The van der Waals surface area contributed by atoms with Gasteiger partial charge in [0.05, 0.1) is 6.21 Å². The van der Waals surface area contributed by atoms with E-state index in [1.165, 1.54) is 11.3 Å². The van der Waals surface area contributed by atoms with Gasteiger partial charge in [0.2, 0.25) is 0 Å². The maximum absolute atomic E-state index is 5.83. The zero-order valence-corrected chi connectivity index (χ0v) is 11.9. The number of anilines is 3. The molecule has 4 rings (SSSR count). The average molecular weight is 296 g/mol. The molecule has 2 aliphatic rings. The molecule has 2 aromatic rings. The molecule has 0 bridgehead atoms. The predicted octanol–water partition coefficient (Wildman–Crippen LogP) is 3.28. The lowest BCUT2D eigenvalue weighted by molar-refractivity contribution is 0.344. The standard InChI is InChI=1S/C15H12N4OS/c16-15-18-12-4-2-8-19(14(12)21-15)11-5-6-13-10(9-11)3-1-7-17-20-13/h1-7,9H,8H2,(H2,16,18). The second-order valence-corrected chi connectivity index (χ2v) is 5.69. The number of nitrogens with zero attached hydrogens (tertiary/aromatic N) is 3. The van der Waals surface area contributed by atoms with E-state index in [1.807, 2.05) is 30.4 Å². The minimum atomic E-state index is 0.586. The minimum absolute atomic E-state index is 0.586. The third kappa shape index (κ3) is 2.09. The zero-order chi connectivity index (χ0) is 14.2. The summed E-state index contributed by atoms with van der Waals surface area (Å²) in [5, 5.41) is 5.49. The van der Waals surface area contributed by atoms with Crippen molar-refractivity contribution in [3.8, 4) is 5.75 Å². The quantitative estimate of drug-likeness (QED) is 0.877. The van der Waals surface area contributed by atoms with Gasteiger partial charge in [0.25, 0.3) is 0 Å². The SMILES string of the molecule is Nc1nc2c(s1)N(c1ccc3c(c1)C=CC=NO3)CC=C2. The monoisotopic (exact) mass is 296 g/mol. The van der Waals surface area contributed by atoms with E-state index < -0.39 is 0 Å². The summed E-state index contributed by atoms with van der Waals surface area (Å²) >= 11 is 1.50. The predicted molar refractivity (Wildman–Crippen MR) is 87.2 cm³/mol. The fourth-order valence-corrected chi connectivity index (χ4v) is 3.25. The van der Waals surface area contributed by atoms with Crippen LogP contribution in [-0.2, 0) is 0 Å². The van der Waals surface area contributed by atoms with E-state index in [1.54, 1.807) is 6.21 Å². The van der Waals surface area contributed by atoms with Gasteiger partial charge in [-0.25, -0.2) is 4.98 Å². The first-order valence-corrected chi connectivity index (χ1v) is 7.34. The highest BCUT2D eigenvalue weighted by molar-refractivity contribution is 7.19. The molecule has 0 saturated carbocycles. The van der Waals surface area contributed by atoms with Gasteiger partial charge in [-0.2, -0.15) is 0 Å². The minimum Gasteiger partial charge on any atom is -0.375 e. The summed E-state index contributed by atoms with van der Waals surface area (Å²) in [4.78, 5) is 11.8. The Balaban J connectivity index is 1.78. The number of hydrogen-bond donors (Lipinski definition) is 1. The maximum Gasteiger partial charge on any atom is 0.182 e. The Labute approximate surface area is 125 Å². The van der Waals surface area contributed by atoms with E-state index in [2.05, 4.69) is 27.2 Å². The fourth-order valence-electron chi connectivity index (χ4n) is 2.40. The van der Waals surface area contributed by atoms with Gasteiger partial charge < -0.3 is 15.5 Å². The molecule has 104 valence electrons. The van der Waals surface area contributed by atoms with Crippen molar-refractivity contribution in [2.75, 3.05) is 17.2 Å². The number of allylic oxidation sites excluding steroid dienone is 1. The second kappa shape index (κ2) is 4.75. The average Bonchev–Trinajstić information content (AvgIpc) is 2.73. The van der Waals surface area contributed by atoms with Gasteiger partial charge in [0.1, 0.15) is 10.7 Å². The number of nitrogen functional groups attached to an aromatic ring is 1. The molecule has 3 heterocycles. The summed E-state index contributed by atoms with van der Waals surface area (Å²) in [6.07, 6.45) is 9.58. The van der Waals surface area contributed by atoms with Crippen LogP contribution in [0.15, 0.2) is 35.5 Å². The molecule has 0 fully saturated rings. The number of nitrogens with two attached hydrogens (primary N) is 1.